The van der Waals surface area contributed by atoms with E-state index in [2.05, 4.69) is 4.90 Å². The van der Waals surface area contributed by atoms with Crippen LogP contribution in [-0.2, 0) is 4.79 Å². The number of amides is 1. The van der Waals surface area contributed by atoms with Crippen molar-refractivity contribution in [2.75, 3.05) is 33.3 Å². The number of ether oxygens (including phenoxy) is 2. The number of hydrogen-bond donors (Lipinski definition) is 0. The van der Waals surface area contributed by atoms with Crippen LogP contribution in [0.3, 0.4) is 0 Å². The van der Waals surface area contributed by atoms with E-state index in [0.717, 1.165) is 50.5 Å². The molecule has 0 atom stereocenters. The number of rotatable bonds is 4. The lowest BCUT2D eigenvalue weighted by atomic mass is 9.98. The Hall–Kier alpha value is -1.75. The van der Waals surface area contributed by atoms with Gasteiger partial charge in [-0.2, -0.15) is 0 Å². The fourth-order valence-corrected chi connectivity index (χ4v) is 3.28. The molecule has 2 saturated heterocycles. The summed E-state index contributed by atoms with van der Waals surface area (Å²) in [6.45, 7) is 5.34. The molecule has 0 bridgehead atoms. The Balaban J connectivity index is 1.46. The van der Waals surface area contributed by atoms with Crippen LogP contribution >= 0.6 is 0 Å². The lowest BCUT2D eigenvalue weighted by molar-refractivity contribution is -0.131. The van der Waals surface area contributed by atoms with Crippen LogP contribution < -0.4 is 9.47 Å². The Labute approximate surface area is 131 Å². The maximum atomic E-state index is 11.4. The van der Waals surface area contributed by atoms with Gasteiger partial charge in [0.1, 0.15) is 6.10 Å². The Morgan fingerprint density at radius 2 is 1.77 bits per heavy atom. The zero-order valence-corrected chi connectivity index (χ0v) is 13.3. The number of carbonyl (C=O) groups is 1. The van der Waals surface area contributed by atoms with E-state index in [1.807, 2.05) is 29.2 Å². The molecular formula is C17H24N2O3. The Bertz CT molecular complexity index is 520. The fraction of sp³-hybridized carbons (Fsp3) is 0.588. The van der Waals surface area contributed by atoms with Gasteiger partial charge in [-0.05, 0) is 25.0 Å². The average molecular weight is 304 g/mol. The van der Waals surface area contributed by atoms with Crippen molar-refractivity contribution >= 4 is 5.91 Å². The highest BCUT2D eigenvalue weighted by atomic mass is 16.5. The SMILES string of the molecule is COc1ccccc1OC1CN(C2CCN(C(C)=O)CC2)C1. The first-order chi connectivity index (χ1) is 10.7. The second-order valence-electron chi connectivity index (χ2n) is 6.08. The number of carbonyl (C=O) groups excluding carboxylic acids is 1. The van der Waals surface area contributed by atoms with Gasteiger partial charge in [-0.3, -0.25) is 9.69 Å². The minimum Gasteiger partial charge on any atom is -0.493 e. The van der Waals surface area contributed by atoms with Gasteiger partial charge >= 0.3 is 0 Å². The number of piperidine rings is 1. The molecule has 2 aliphatic rings. The predicted octanol–water partition coefficient (Wildman–Crippen LogP) is 1.77. The van der Waals surface area contributed by atoms with Crippen LogP contribution in [0.25, 0.3) is 0 Å². The van der Waals surface area contributed by atoms with Gasteiger partial charge in [0.25, 0.3) is 0 Å². The van der Waals surface area contributed by atoms with Gasteiger partial charge in [0.05, 0.1) is 7.11 Å². The third kappa shape index (κ3) is 3.19. The standard InChI is InChI=1S/C17H24N2O3/c1-13(20)18-9-7-14(8-10-18)19-11-15(12-19)22-17-6-4-3-5-16(17)21-2/h3-6,14-15H,7-12H2,1-2H3. The molecule has 2 aliphatic heterocycles. The molecule has 120 valence electrons. The number of likely N-dealkylation sites (tertiary alicyclic amines) is 2. The number of nitrogens with zero attached hydrogens (tertiary/aromatic N) is 2. The summed E-state index contributed by atoms with van der Waals surface area (Å²) in [6, 6.07) is 8.37. The molecule has 0 saturated carbocycles. The third-order valence-corrected chi connectivity index (χ3v) is 4.67. The molecule has 22 heavy (non-hydrogen) atoms. The topological polar surface area (TPSA) is 42.0 Å². The van der Waals surface area contributed by atoms with Crippen LogP contribution in [-0.4, -0.2) is 61.1 Å². The van der Waals surface area contributed by atoms with E-state index < -0.39 is 0 Å². The molecule has 0 aromatic heterocycles. The summed E-state index contributed by atoms with van der Waals surface area (Å²) < 4.78 is 11.3. The maximum absolute atomic E-state index is 11.4. The molecule has 5 nitrogen and oxygen atoms in total. The normalized spacial score (nSPS) is 20.5. The van der Waals surface area contributed by atoms with Gasteiger partial charge in [0.2, 0.25) is 5.91 Å². The molecule has 1 aromatic rings. The fourth-order valence-electron chi connectivity index (χ4n) is 3.28. The minimum absolute atomic E-state index is 0.194. The first-order valence-electron chi connectivity index (χ1n) is 7.96. The van der Waals surface area contributed by atoms with E-state index in [1.165, 1.54) is 0 Å². The molecule has 0 aliphatic carbocycles. The van der Waals surface area contributed by atoms with E-state index >= 15 is 0 Å². The summed E-state index contributed by atoms with van der Waals surface area (Å²) in [6.07, 6.45) is 2.38. The third-order valence-electron chi connectivity index (χ3n) is 4.67. The van der Waals surface area contributed by atoms with E-state index in [4.69, 9.17) is 9.47 Å². The Kier molecular flexibility index (Phi) is 4.52. The van der Waals surface area contributed by atoms with E-state index in [-0.39, 0.29) is 12.0 Å². The summed E-state index contributed by atoms with van der Waals surface area (Å²) in [5, 5.41) is 0. The van der Waals surface area contributed by atoms with Crippen molar-refractivity contribution in [2.24, 2.45) is 0 Å². The monoisotopic (exact) mass is 304 g/mol. The molecule has 1 amide bonds. The molecule has 0 radical (unpaired) electrons. The van der Waals surface area contributed by atoms with Crippen molar-refractivity contribution in [1.29, 1.82) is 0 Å². The lowest BCUT2D eigenvalue weighted by Gasteiger charge is -2.46. The molecular weight excluding hydrogens is 280 g/mol. The summed E-state index contributed by atoms with van der Waals surface area (Å²) >= 11 is 0. The van der Waals surface area contributed by atoms with Gasteiger partial charge < -0.3 is 14.4 Å². The number of para-hydroxylation sites is 2. The molecule has 2 fully saturated rings. The molecule has 0 spiro atoms. The quantitative estimate of drug-likeness (QED) is 0.850. The number of benzene rings is 1. The first kappa shape index (κ1) is 15.2. The van der Waals surface area contributed by atoms with Crippen molar-refractivity contribution in [3.05, 3.63) is 24.3 Å². The highest BCUT2D eigenvalue weighted by molar-refractivity contribution is 5.73. The molecule has 2 heterocycles. The van der Waals surface area contributed by atoms with Crippen molar-refractivity contribution in [2.45, 2.75) is 31.9 Å². The van der Waals surface area contributed by atoms with Gasteiger partial charge in [0, 0.05) is 39.1 Å². The first-order valence-corrected chi connectivity index (χ1v) is 7.96. The molecule has 5 heteroatoms. The largest absolute Gasteiger partial charge is 0.493 e. The van der Waals surface area contributed by atoms with E-state index in [1.54, 1.807) is 14.0 Å². The van der Waals surface area contributed by atoms with Gasteiger partial charge in [-0.15, -0.1) is 0 Å². The predicted molar refractivity (Wildman–Crippen MR) is 84.3 cm³/mol. The second kappa shape index (κ2) is 6.57. The van der Waals surface area contributed by atoms with Gasteiger partial charge in [-0.1, -0.05) is 12.1 Å². The summed E-state index contributed by atoms with van der Waals surface area (Å²) in [7, 11) is 1.66. The molecule has 3 rings (SSSR count). The Morgan fingerprint density at radius 1 is 1.14 bits per heavy atom. The van der Waals surface area contributed by atoms with Gasteiger partial charge in [0.15, 0.2) is 11.5 Å². The number of hydrogen-bond acceptors (Lipinski definition) is 4. The molecule has 1 aromatic carbocycles. The molecule has 0 unspecified atom stereocenters. The highest BCUT2D eigenvalue weighted by Gasteiger charge is 2.35. The smallest absolute Gasteiger partial charge is 0.219 e. The summed E-state index contributed by atoms with van der Waals surface area (Å²) in [5.41, 5.74) is 0. The zero-order chi connectivity index (χ0) is 15.5. The average Bonchev–Trinajstić information content (AvgIpc) is 2.51. The number of methoxy groups -OCH3 is 1. The van der Waals surface area contributed by atoms with Crippen LogP contribution in [0, 0.1) is 0 Å². The Morgan fingerprint density at radius 3 is 2.36 bits per heavy atom. The zero-order valence-electron chi connectivity index (χ0n) is 13.3. The van der Waals surface area contributed by atoms with Crippen LogP contribution in [0.15, 0.2) is 24.3 Å². The van der Waals surface area contributed by atoms with Crippen LogP contribution in [0.2, 0.25) is 0 Å². The van der Waals surface area contributed by atoms with Crippen molar-refractivity contribution in [3.63, 3.8) is 0 Å². The van der Waals surface area contributed by atoms with Crippen molar-refractivity contribution in [3.8, 4) is 11.5 Å². The van der Waals surface area contributed by atoms with Crippen molar-refractivity contribution in [1.82, 2.24) is 9.80 Å². The summed E-state index contributed by atoms with van der Waals surface area (Å²) in [4.78, 5) is 15.8. The van der Waals surface area contributed by atoms with Crippen LogP contribution in [0.4, 0.5) is 0 Å². The van der Waals surface area contributed by atoms with Crippen molar-refractivity contribution < 1.29 is 14.3 Å². The molecule has 0 N–H and O–H groups in total. The van der Waals surface area contributed by atoms with E-state index in [0.29, 0.717) is 6.04 Å². The lowest BCUT2D eigenvalue weighted by Crippen LogP contribution is -2.59. The van der Waals surface area contributed by atoms with Crippen LogP contribution in [0.1, 0.15) is 19.8 Å². The summed E-state index contributed by atoms with van der Waals surface area (Å²) in [5.74, 6) is 1.80. The minimum atomic E-state index is 0.194. The van der Waals surface area contributed by atoms with Gasteiger partial charge in [-0.25, -0.2) is 0 Å². The van der Waals surface area contributed by atoms with Crippen LogP contribution in [0.5, 0.6) is 11.5 Å². The highest BCUT2D eigenvalue weighted by Crippen LogP contribution is 2.30. The second-order valence-corrected chi connectivity index (χ2v) is 6.08. The van der Waals surface area contributed by atoms with E-state index in [9.17, 15) is 4.79 Å². The maximum Gasteiger partial charge on any atom is 0.219 e.